The highest BCUT2D eigenvalue weighted by atomic mass is 19.4. The minimum atomic E-state index is -4.49. The third-order valence-corrected chi connectivity index (χ3v) is 4.42. The second-order valence-corrected chi connectivity index (χ2v) is 6.76. The first-order chi connectivity index (χ1) is 15.8. The number of hydrogen-bond acceptors (Lipinski definition) is 4. The maximum absolute atomic E-state index is 14.2. The Balaban J connectivity index is 1.44. The number of pyridine rings is 1. The summed E-state index contributed by atoms with van der Waals surface area (Å²) in [5.74, 6) is -0.0581. The number of aromatic nitrogens is 3. The molecule has 4 aromatic rings. The summed E-state index contributed by atoms with van der Waals surface area (Å²) in [6, 6.07) is 10.1. The molecule has 7 nitrogen and oxygen atoms in total. The maximum atomic E-state index is 14.2. The van der Waals surface area contributed by atoms with Crippen molar-refractivity contribution in [1.82, 2.24) is 15.2 Å². The molecule has 0 atom stereocenters. The molecular weight excluding hydrogens is 442 g/mol. The van der Waals surface area contributed by atoms with E-state index in [1.807, 2.05) is 0 Å². The standard InChI is InChI=1S/C22H15F4N5O2/c23-18-6-5-16(33-17-7-8-27-19(9-17)13-11-28-29-12-13)10-20(18)31-21(32)30-15-3-1-14(2-4-15)22(24,25)26/h1-12H,(H,28,29)(H2,30,31,32). The first-order valence-electron chi connectivity index (χ1n) is 9.46. The predicted octanol–water partition coefficient (Wildman–Crippen LogP) is 6.07. The van der Waals surface area contributed by atoms with Gasteiger partial charge in [0.1, 0.15) is 17.3 Å². The van der Waals surface area contributed by atoms with Gasteiger partial charge in [0.15, 0.2) is 0 Å². The zero-order valence-corrected chi connectivity index (χ0v) is 16.7. The molecule has 2 heterocycles. The lowest BCUT2D eigenvalue weighted by Gasteiger charge is -2.12. The summed E-state index contributed by atoms with van der Waals surface area (Å²) in [6.07, 6.45) is 0.318. The molecule has 33 heavy (non-hydrogen) atoms. The van der Waals surface area contributed by atoms with Crippen LogP contribution in [-0.2, 0) is 6.18 Å². The van der Waals surface area contributed by atoms with E-state index in [4.69, 9.17) is 4.74 Å². The molecule has 168 valence electrons. The first-order valence-corrected chi connectivity index (χ1v) is 9.46. The van der Waals surface area contributed by atoms with Crippen molar-refractivity contribution in [3.63, 3.8) is 0 Å². The Bertz CT molecular complexity index is 1260. The number of halogens is 4. The van der Waals surface area contributed by atoms with Gasteiger partial charge in [0.2, 0.25) is 0 Å². The third kappa shape index (κ3) is 5.45. The van der Waals surface area contributed by atoms with E-state index in [9.17, 15) is 22.4 Å². The smallest absolute Gasteiger partial charge is 0.416 e. The SMILES string of the molecule is O=C(Nc1ccc(C(F)(F)F)cc1)Nc1cc(Oc2ccnc(-c3cn[nH]c3)c2)ccc1F. The number of H-pyrrole nitrogens is 1. The summed E-state index contributed by atoms with van der Waals surface area (Å²) in [6.45, 7) is 0. The largest absolute Gasteiger partial charge is 0.457 e. The van der Waals surface area contributed by atoms with Crippen LogP contribution in [0.25, 0.3) is 11.3 Å². The molecule has 11 heteroatoms. The molecule has 0 saturated heterocycles. The Morgan fingerprint density at radius 1 is 0.970 bits per heavy atom. The van der Waals surface area contributed by atoms with E-state index in [0.29, 0.717) is 11.4 Å². The molecule has 0 unspecified atom stereocenters. The second-order valence-electron chi connectivity index (χ2n) is 6.76. The van der Waals surface area contributed by atoms with Gasteiger partial charge in [-0.25, -0.2) is 9.18 Å². The van der Waals surface area contributed by atoms with Crippen molar-refractivity contribution in [2.45, 2.75) is 6.18 Å². The molecular formula is C22H15F4N5O2. The van der Waals surface area contributed by atoms with Crippen LogP contribution in [0.15, 0.2) is 73.2 Å². The van der Waals surface area contributed by atoms with Crippen molar-refractivity contribution in [2.24, 2.45) is 0 Å². The molecule has 4 rings (SSSR count). The summed E-state index contributed by atoms with van der Waals surface area (Å²) < 4.78 is 57.9. The van der Waals surface area contributed by atoms with Gasteiger partial charge in [0, 0.05) is 35.8 Å². The van der Waals surface area contributed by atoms with Crippen LogP contribution in [0.4, 0.5) is 33.7 Å². The Morgan fingerprint density at radius 2 is 1.73 bits per heavy atom. The van der Waals surface area contributed by atoms with E-state index in [0.717, 1.165) is 35.9 Å². The Hall–Kier alpha value is -4.41. The van der Waals surface area contributed by atoms with Gasteiger partial charge in [-0.1, -0.05) is 0 Å². The topological polar surface area (TPSA) is 91.9 Å². The van der Waals surface area contributed by atoms with Gasteiger partial charge in [-0.05, 0) is 42.5 Å². The van der Waals surface area contributed by atoms with Crippen molar-refractivity contribution in [3.05, 3.63) is 84.6 Å². The molecule has 0 aliphatic rings. The number of nitrogens with zero attached hydrogens (tertiary/aromatic N) is 2. The van der Waals surface area contributed by atoms with Gasteiger partial charge >= 0.3 is 12.2 Å². The number of hydrogen-bond donors (Lipinski definition) is 3. The molecule has 0 saturated carbocycles. The summed E-state index contributed by atoms with van der Waals surface area (Å²) in [5.41, 5.74) is 0.439. The highest BCUT2D eigenvalue weighted by Crippen LogP contribution is 2.30. The molecule has 3 N–H and O–H groups in total. The Kier molecular flexibility index (Phi) is 5.94. The summed E-state index contributed by atoms with van der Waals surface area (Å²) in [7, 11) is 0. The second kappa shape index (κ2) is 8.99. The molecule has 0 fully saturated rings. The Morgan fingerprint density at radius 3 is 2.42 bits per heavy atom. The number of alkyl halides is 3. The fraction of sp³-hybridized carbons (Fsp3) is 0.0455. The number of benzene rings is 2. The fourth-order valence-corrected chi connectivity index (χ4v) is 2.85. The number of carbonyl (C=O) groups is 1. The number of carbonyl (C=O) groups excluding carboxylic acids is 1. The van der Waals surface area contributed by atoms with Crippen LogP contribution < -0.4 is 15.4 Å². The molecule has 0 aliphatic carbocycles. The molecule has 0 radical (unpaired) electrons. The van der Waals surface area contributed by atoms with Gasteiger partial charge in [0.05, 0.1) is 23.1 Å². The lowest BCUT2D eigenvalue weighted by Crippen LogP contribution is -2.20. The van der Waals surface area contributed by atoms with Crippen LogP contribution in [0.2, 0.25) is 0 Å². The van der Waals surface area contributed by atoms with Gasteiger partial charge in [-0.3, -0.25) is 10.1 Å². The predicted molar refractivity (Wildman–Crippen MR) is 112 cm³/mol. The van der Waals surface area contributed by atoms with Crippen molar-refractivity contribution in [3.8, 4) is 22.8 Å². The molecule has 0 bridgehead atoms. The lowest BCUT2D eigenvalue weighted by atomic mass is 10.2. The molecule has 2 aromatic heterocycles. The average molecular weight is 457 g/mol. The van der Waals surface area contributed by atoms with E-state index >= 15 is 0 Å². The fourth-order valence-electron chi connectivity index (χ4n) is 2.85. The summed E-state index contributed by atoms with van der Waals surface area (Å²) >= 11 is 0. The minimum Gasteiger partial charge on any atom is -0.457 e. The number of urea groups is 1. The first kappa shape index (κ1) is 21.8. The van der Waals surface area contributed by atoms with E-state index in [1.165, 1.54) is 18.3 Å². The van der Waals surface area contributed by atoms with Crippen LogP contribution in [0.1, 0.15) is 5.56 Å². The van der Waals surface area contributed by atoms with Crippen LogP contribution in [0, 0.1) is 5.82 Å². The van der Waals surface area contributed by atoms with Crippen molar-refractivity contribution in [1.29, 1.82) is 0 Å². The molecule has 0 aliphatic heterocycles. The normalized spacial score (nSPS) is 11.2. The zero-order chi connectivity index (χ0) is 23.4. The third-order valence-electron chi connectivity index (χ3n) is 4.42. The van der Waals surface area contributed by atoms with Crippen LogP contribution in [0.5, 0.6) is 11.5 Å². The van der Waals surface area contributed by atoms with Crippen LogP contribution in [0.3, 0.4) is 0 Å². The van der Waals surface area contributed by atoms with Crippen molar-refractivity contribution in [2.75, 3.05) is 10.6 Å². The van der Waals surface area contributed by atoms with Gasteiger partial charge in [-0.15, -0.1) is 0 Å². The summed E-state index contributed by atoms with van der Waals surface area (Å²) in [4.78, 5) is 16.4. The van der Waals surface area contributed by atoms with Crippen molar-refractivity contribution >= 4 is 17.4 Å². The van der Waals surface area contributed by atoms with E-state index < -0.39 is 23.6 Å². The van der Waals surface area contributed by atoms with E-state index in [1.54, 1.807) is 24.5 Å². The van der Waals surface area contributed by atoms with E-state index in [2.05, 4.69) is 25.8 Å². The van der Waals surface area contributed by atoms with E-state index in [-0.39, 0.29) is 17.1 Å². The van der Waals surface area contributed by atoms with Crippen molar-refractivity contribution < 1.29 is 27.1 Å². The summed E-state index contributed by atoms with van der Waals surface area (Å²) in [5, 5.41) is 11.2. The zero-order valence-electron chi connectivity index (χ0n) is 16.7. The highest BCUT2D eigenvalue weighted by Gasteiger charge is 2.30. The quantitative estimate of drug-likeness (QED) is 0.318. The number of amides is 2. The number of rotatable bonds is 5. The number of ether oxygens (including phenoxy) is 1. The number of anilines is 2. The highest BCUT2D eigenvalue weighted by molar-refractivity contribution is 5.99. The van der Waals surface area contributed by atoms with Crippen LogP contribution >= 0.6 is 0 Å². The van der Waals surface area contributed by atoms with Gasteiger partial charge < -0.3 is 15.4 Å². The molecule has 2 amide bonds. The maximum Gasteiger partial charge on any atom is 0.416 e. The van der Waals surface area contributed by atoms with Gasteiger partial charge in [-0.2, -0.15) is 18.3 Å². The Labute approximate surface area is 184 Å². The average Bonchev–Trinajstić information content (AvgIpc) is 3.31. The minimum absolute atomic E-state index is 0.108. The monoisotopic (exact) mass is 457 g/mol. The van der Waals surface area contributed by atoms with Crippen LogP contribution in [-0.4, -0.2) is 21.2 Å². The number of nitrogens with one attached hydrogen (secondary N) is 3. The van der Waals surface area contributed by atoms with Gasteiger partial charge in [0.25, 0.3) is 0 Å². The lowest BCUT2D eigenvalue weighted by molar-refractivity contribution is -0.137. The molecule has 0 spiro atoms. The molecule has 2 aromatic carbocycles. The number of aromatic amines is 1.